The van der Waals surface area contributed by atoms with Gasteiger partial charge in [0.15, 0.2) is 0 Å². The second kappa shape index (κ2) is 11.2. The van der Waals surface area contributed by atoms with Crippen molar-refractivity contribution in [3.63, 3.8) is 0 Å². The predicted molar refractivity (Wildman–Crippen MR) is 114 cm³/mol. The third-order valence-electron chi connectivity index (χ3n) is 3.82. The molecule has 0 radical (unpaired) electrons. The molecule has 0 aliphatic rings. The van der Waals surface area contributed by atoms with Crippen molar-refractivity contribution >= 4 is 12.6 Å². The minimum Gasteiger partial charge on any atom is -0.497 e. The number of benzene rings is 2. The lowest BCUT2D eigenvalue weighted by Gasteiger charge is -2.11. The molecule has 0 unspecified atom stereocenters. The fourth-order valence-corrected chi connectivity index (χ4v) is 2.59. The van der Waals surface area contributed by atoms with Gasteiger partial charge in [-0.1, -0.05) is 30.4 Å². The Morgan fingerprint density at radius 1 is 1.07 bits per heavy atom. The monoisotopic (exact) mass is 382 g/mol. The maximum atomic E-state index is 5.84. The van der Waals surface area contributed by atoms with Gasteiger partial charge in [-0.3, -0.25) is 0 Å². The number of allylic oxidation sites excluding steroid dienone is 4. The fourth-order valence-electron chi connectivity index (χ4n) is 2.37. The molecule has 0 aliphatic carbocycles. The second-order valence-corrected chi connectivity index (χ2v) is 6.28. The van der Waals surface area contributed by atoms with E-state index < -0.39 is 0 Å². The molecule has 2 rings (SSSR count). The van der Waals surface area contributed by atoms with Gasteiger partial charge in [0.25, 0.3) is 0 Å². The molecule has 2 aromatic rings. The van der Waals surface area contributed by atoms with Gasteiger partial charge >= 0.3 is 0 Å². The molecule has 0 heterocycles. The van der Waals surface area contributed by atoms with Crippen LogP contribution in [0, 0.1) is 0 Å². The summed E-state index contributed by atoms with van der Waals surface area (Å²) in [5, 5.41) is 3.43. The number of nitrogens with two attached hydrogens (primary N) is 1. The lowest BCUT2D eigenvalue weighted by molar-refractivity contribution is 0.414. The van der Waals surface area contributed by atoms with Gasteiger partial charge in [0.1, 0.15) is 17.3 Å². The Labute approximate surface area is 166 Å². The number of hydrogen-bond acceptors (Lipinski definition) is 5. The normalized spacial score (nSPS) is 12.0. The van der Waals surface area contributed by atoms with Crippen molar-refractivity contribution in [1.82, 2.24) is 5.32 Å². The predicted octanol–water partition coefficient (Wildman–Crippen LogP) is 4.58. The molecule has 0 saturated heterocycles. The van der Waals surface area contributed by atoms with Gasteiger partial charge in [0.2, 0.25) is 0 Å². The number of nitrogens with one attached hydrogen (secondary N) is 1. The van der Waals surface area contributed by atoms with Crippen LogP contribution in [0.1, 0.15) is 18.1 Å². The average Bonchev–Trinajstić information content (AvgIpc) is 2.70. The van der Waals surface area contributed by atoms with Crippen LogP contribution in [-0.2, 0) is 13.1 Å². The van der Waals surface area contributed by atoms with Gasteiger partial charge < -0.3 is 20.5 Å². The Bertz CT molecular complexity index is 812. The summed E-state index contributed by atoms with van der Waals surface area (Å²) in [5.41, 5.74) is 7.88. The number of methoxy groups -OCH3 is 1. The third-order valence-corrected chi connectivity index (χ3v) is 4.25. The summed E-state index contributed by atoms with van der Waals surface area (Å²) in [6.45, 7) is 3.38. The largest absolute Gasteiger partial charge is 0.497 e. The molecule has 5 heteroatoms. The number of thiol groups is 1. The van der Waals surface area contributed by atoms with Crippen LogP contribution in [0.4, 0.5) is 0 Å². The molecule has 4 nitrogen and oxygen atoms in total. The SMILES string of the molecule is C/C=C/C=C\C(=C/N)Oc1ccc(S)c(CNCc2ccc(OC)cc2)c1. The van der Waals surface area contributed by atoms with E-state index in [4.69, 9.17) is 15.2 Å². The Morgan fingerprint density at radius 2 is 1.81 bits per heavy atom. The summed E-state index contributed by atoms with van der Waals surface area (Å²) in [6, 6.07) is 13.8. The van der Waals surface area contributed by atoms with Crippen LogP contribution < -0.4 is 20.5 Å². The van der Waals surface area contributed by atoms with Crippen molar-refractivity contribution in [1.29, 1.82) is 0 Å². The number of rotatable bonds is 9. The molecular formula is C22H26N2O2S. The molecule has 0 bridgehead atoms. The zero-order valence-corrected chi connectivity index (χ0v) is 16.6. The average molecular weight is 383 g/mol. The first-order valence-corrected chi connectivity index (χ1v) is 9.15. The van der Waals surface area contributed by atoms with Crippen LogP contribution >= 0.6 is 12.6 Å². The van der Waals surface area contributed by atoms with E-state index in [1.807, 2.05) is 73.7 Å². The highest BCUT2D eigenvalue weighted by Crippen LogP contribution is 2.23. The first kappa shape index (κ1) is 20.7. The van der Waals surface area contributed by atoms with E-state index in [1.54, 1.807) is 7.11 Å². The molecule has 0 aliphatic heterocycles. The topological polar surface area (TPSA) is 56.5 Å². The van der Waals surface area contributed by atoms with Crippen molar-refractivity contribution in [2.24, 2.45) is 5.73 Å². The molecule has 0 amide bonds. The molecule has 0 fully saturated rings. The highest BCUT2D eigenvalue weighted by molar-refractivity contribution is 7.80. The minimum atomic E-state index is 0.581. The van der Waals surface area contributed by atoms with Crippen molar-refractivity contribution in [3.8, 4) is 11.5 Å². The minimum absolute atomic E-state index is 0.581. The summed E-state index contributed by atoms with van der Waals surface area (Å²) < 4.78 is 11.0. The summed E-state index contributed by atoms with van der Waals surface area (Å²) in [6.07, 6.45) is 8.99. The molecular weight excluding hydrogens is 356 g/mol. The first-order valence-electron chi connectivity index (χ1n) is 8.71. The standard InChI is InChI=1S/C22H26N2O2S/c1-3-4-5-6-21(14-23)26-20-11-12-22(27)18(13-20)16-24-15-17-7-9-19(25-2)10-8-17/h3-14,24,27H,15-16,23H2,1-2H3/b4-3+,6-5-,21-14+. The third kappa shape index (κ3) is 6.89. The van der Waals surface area contributed by atoms with Crippen LogP contribution in [0.25, 0.3) is 0 Å². The van der Waals surface area contributed by atoms with E-state index in [-0.39, 0.29) is 0 Å². The lowest BCUT2D eigenvalue weighted by atomic mass is 10.2. The summed E-state index contributed by atoms with van der Waals surface area (Å²) in [4.78, 5) is 0.910. The van der Waals surface area contributed by atoms with Crippen LogP contribution in [0.2, 0.25) is 0 Å². The first-order chi connectivity index (χ1) is 13.2. The zero-order valence-electron chi connectivity index (χ0n) is 15.7. The van der Waals surface area contributed by atoms with Gasteiger partial charge in [-0.05, 0) is 54.5 Å². The Morgan fingerprint density at radius 3 is 2.48 bits per heavy atom. The second-order valence-electron chi connectivity index (χ2n) is 5.80. The molecule has 27 heavy (non-hydrogen) atoms. The van der Waals surface area contributed by atoms with E-state index in [0.29, 0.717) is 12.3 Å². The lowest BCUT2D eigenvalue weighted by Crippen LogP contribution is -2.13. The van der Waals surface area contributed by atoms with Crippen molar-refractivity contribution < 1.29 is 9.47 Å². The fraction of sp³-hybridized carbons (Fsp3) is 0.182. The van der Waals surface area contributed by atoms with Crippen LogP contribution in [0.3, 0.4) is 0 Å². The highest BCUT2D eigenvalue weighted by atomic mass is 32.1. The van der Waals surface area contributed by atoms with Crippen molar-refractivity contribution in [3.05, 3.63) is 89.9 Å². The molecule has 142 valence electrons. The maximum Gasteiger partial charge on any atom is 0.142 e. The van der Waals surface area contributed by atoms with Gasteiger partial charge in [0, 0.05) is 24.2 Å². The Hall–Kier alpha value is -2.63. The van der Waals surface area contributed by atoms with E-state index in [2.05, 4.69) is 17.9 Å². The Kier molecular flexibility index (Phi) is 8.55. The summed E-state index contributed by atoms with van der Waals surface area (Å²) in [7, 11) is 1.66. The number of hydrogen-bond donors (Lipinski definition) is 3. The van der Waals surface area contributed by atoms with Crippen molar-refractivity contribution in [2.75, 3.05) is 7.11 Å². The summed E-state index contributed by atoms with van der Waals surface area (Å²) in [5.74, 6) is 2.15. The quantitative estimate of drug-likeness (QED) is 0.337. The molecule has 0 spiro atoms. The smallest absolute Gasteiger partial charge is 0.142 e. The van der Waals surface area contributed by atoms with Gasteiger partial charge in [0.05, 0.1) is 7.11 Å². The van der Waals surface area contributed by atoms with Crippen LogP contribution in [0.15, 0.2) is 83.6 Å². The molecule has 0 aromatic heterocycles. The van der Waals surface area contributed by atoms with E-state index >= 15 is 0 Å². The number of ether oxygens (including phenoxy) is 2. The highest BCUT2D eigenvalue weighted by Gasteiger charge is 2.04. The van der Waals surface area contributed by atoms with Crippen LogP contribution in [0.5, 0.6) is 11.5 Å². The maximum absolute atomic E-state index is 5.84. The molecule has 3 N–H and O–H groups in total. The molecule has 0 saturated carbocycles. The summed E-state index contributed by atoms with van der Waals surface area (Å²) >= 11 is 4.54. The van der Waals surface area contributed by atoms with Gasteiger partial charge in [-0.25, -0.2) is 0 Å². The van der Waals surface area contributed by atoms with Crippen LogP contribution in [-0.4, -0.2) is 7.11 Å². The molecule has 0 atom stereocenters. The Balaban J connectivity index is 1.97. The van der Waals surface area contributed by atoms with Crippen molar-refractivity contribution in [2.45, 2.75) is 24.9 Å². The van der Waals surface area contributed by atoms with E-state index in [1.165, 1.54) is 11.8 Å². The van der Waals surface area contributed by atoms with E-state index in [9.17, 15) is 0 Å². The zero-order chi connectivity index (χ0) is 19.5. The van der Waals surface area contributed by atoms with Gasteiger partial charge in [-0.2, -0.15) is 0 Å². The van der Waals surface area contributed by atoms with Gasteiger partial charge in [-0.15, -0.1) is 12.6 Å². The molecule has 2 aromatic carbocycles. The van der Waals surface area contributed by atoms with E-state index in [0.717, 1.165) is 28.5 Å².